The maximum atomic E-state index is 11.1. The van der Waals surface area contributed by atoms with Gasteiger partial charge in [0, 0.05) is 12.5 Å². The predicted octanol–water partition coefficient (Wildman–Crippen LogP) is 3.97. The van der Waals surface area contributed by atoms with Crippen molar-refractivity contribution in [2.45, 2.75) is 128 Å². The van der Waals surface area contributed by atoms with Crippen LogP contribution < -0.4 is 0 Å². The summed E-state index contributed by atoms with van der Waals surface area (Å²) in [5, 5.41) is 11.2. The molecule has 9 heteroatoms. The molecule has 0 spiro atoms. The van der Waals surface area contributed by atoms with Crippen molar-refractivity contribution in [1.82, 2.24) is 0 Å². The third-order valence-corrected chi connectivity index (χ3v) is 11.9. The van der Waals surface area contributed by atoms with Crippen molar-refractivity contribution in [3.8, 4) is 0 Å². The van der Waals surface area contributed by atoms with Crippen molar-refractivity contribution in [2.75, 3.05) is 13.2 Å². The second-order valence-corrected chi connectivity index (χ2v) is 17.1. The fourth-order valence-corrected chi connectivity index (χ4v) is 5.37. The number of hydrogen-bond donors (Lipinski definition) is 1. The molecule has 8 atom stereocenters. The number of rotatable bonds is 8. The monoisotopic (exact) mass is 502 g/mol. The van der Waals surface area contributed by atoms with Crippen LogP contribution >= 0.6 is 0 Å². The summed E-state index contributed by atoms with van der Waals surface area (Å²) in [6.45, 7) is 25.1. The van der Waals surface area contributed by atoms with Crippen molar-refractivity contribution in [1.29, 1.82) is 0 Å². The van der Waals surface area contributed by atoms with Gasteiger partial charge in [-0.15, -0.1) is 6.58 Å². The third-order valence-electron chi connectivity index (χ3n) is 7.40. The fourth-order valence-electron chi connectivity index (χ4n) is 4.26. The van der Waals surface area contributed by atoms with Crippen LogP contribution in [-0.4, -0.2) is 81.1 Å². The zero-order valence-corrected chi connectivity index (χ0v) is 23.6. The molecule has 3 saturated heterocycles. The van der Waals surface area contributed by atoms with E-state index in [9.17, 15) is 5.11 Å². The molecule has 0 aromatic rings. The van der Waals surface area contributed by atoms with Gasteiger partial charge in [0.1, 0.15) is 30.5 Å². The molecule has 0 saturated carbocycles. The van der Waals surface area contributed by atoms with E-state index in [1.54, 1.807) is 6.08 Å². The molecule has 3 rings (SSSR count). The molecule has 0 aliphatic carbocycles. The Bertz CT molecular complexity index is 718. The van der Waals surface area contributed by atoms with Gasteiger partial charge in [-0.3, -0.25) is 0 Å². The summed E-state index contributed by atoms with van der Waals surface area (Å²) in [5.41, 5.74) is 0. The lowest BCUT2D eigenvalue weighted by molar-refractivity contribution is -0.374. The second kappa shape index (κ2) is 9.83. The van der Waals surface area contributed by atoms with E-state index < -0.39 is 44.5 Å². The highest BCUT2D eigenvalue weighted by Crippen LogP contribution is 2.43. The van der Waals surface area contributed by atoms with E-state index in [-0.39, 0.29) is 29.3 Å². The van der Waals surface area contributed by atoms with Gasteiger partial charge in [-0.25, -0.2) is 0 Å². The van der Waals surface area contributed by atoms with Crippen LogP contribution in [0.1, 0.15) is 55.4 Å². The lowest BCUT2D eigenvalue weighted by Crippen LogP contribution is -2.64. The van der Waals surface area contributed by atoms with Gasteiger partial charge in [0.25, 0.3) is 0 Å². The van der Waals surface area contributed by atoms with E-state index in [1.165, 1.54) is 0 Å². The van der Waals surface area contributed by atoms with Gasteiger partial charge in [0.15, 0.2) is 26.2 Å². The first kappa shape index (κ1) is 28.2. The molecule has 0 radical (unpaired) electrons. The minimum absolute atomic E-state index is 0.0961. The molecule has 1 N–H and O–H groups in total. The smallest absolute Gasteiger partial charge is 0.191 e. The summed E-state index contributed by atoms with van der Waals surface area (Å²) in [6, 6.07) is 0. The molecule has 198 valence electrons. The number of aliphatic hydroxyl groups is 1. The van der Waals surface area contributed by atoms with Crippen LogP contribution in [0.4, 0.5) is 0 Å². The average molecular weight is 503 g/mol. The molecular weight excluding hydrogens is 456 g/mol. The summed E-state index contributed by atoms with van der Waals surface area (Å²) in [5.74, 6) is -1.71. The predicted molar refractivity (Wildman–Crippen MR) is 131 cm³/mol. The normalized spacial score (nSPS) is 35.7. The molecule has 8 nitrogen and oxygen atoms in total. The van der Waals surface area contributed by atoms with Crippen molar-refractivity contribution in [3.05, 3.63) is 12.7 Å². The summed E-state index contributed by atoms with van der Waals surface area (Å²) < 4.78 is 43.2. The van der Waals surface area contributed by atoms with Gasteiger partial charge in [-0.2, -0.15) is 0 Å². The lowest BCUT2D eigenvalue weighted by atomic mass is 9.97. The van der Waals surface area contributed by atoms with Gasteiger partial charge in [-0.05, 0) is 45.8 Å². The number of aliphatic hydroxyl groups excluding tert-OH is 1. The highest BCUT2D eigenvalue weighted by molar-refractivity contribution is 6.74. The molecule has 0 amide bonds. The van der Waals surface area contributed by atoms with Crippen LogP contribution in [0, 0.1) is 5.92 Å². The van der Waals surface area contributed by atoms with Crippen molar-refractivity contribution in [3.63, 3.8) is 0 Å². The molecule has 3 aliphatic rings. The summed E-state index contributed by atoms with van der Waals surface area (Å²) >= 11 is 0. The van der Waals surface area contributed by atoms with E-state index in [2.05, 4.69) is 40.4 Å². The highest BCUT2D eigenvalue weighted by Gasteiger charge is 2.59. The van der Waals surface area contributed by atoms with Crippen LogP contribution in [0.15, 0.2) is 12.7 Å². The lowest BCUT2D eigenvalue weighted by Gasteiger charge is -2.48. The van der Waals surface area contributed by atoms with E-state index in [0.717, 1.165) is 0 Å². The summed E-state index contributed by atoms with van der Waals surface area (Å²) in [4.78, 5) is 0. The Kier molecular flexibility index (Phi) is 8.16. The third kappa shape index (κ3) is 6.12. The van der Waals surface area contributed by atoms with Gasteiger partial charge in [0.2, 0.25) is 0 Å². The molecule has 34 heavy (non-hydrogen) atoms. The van der Waals surface area contributed by atoms with Crippen LogP contribution in [-0.2, 0) is 32.8 Å². The Hall–Kier alpha value is -0.363. The average Bonchev–Trinajstić information content (AvgIpc) is 3.04. The minimum Gasteiger partial charge on any atom is -0.416 e. The molecule has 3 heterocycles. The standard InChI is InChI=1S/C25H46O8Si/c1-12-16(18(26)15(2)13-28-34(10,11)23(3,4)5)29-22-21-20(32-25(8,9)33-21)19-17(30-22)14-27-24(6,7)31-19/h12,15-22,26H,1,13-14H2,2-11H3/t15-,16+,17+,18+,19+,20-,21-,22-/m0/s1. The van der Waals surface area contributed by atoms with Gasteiger partial charge < -0.3 is 38.0 Å². The van der Waals surface area contributed by atoms with E-state index in [0.29, 0.717) is 13.2 Å². The Morgan fingerprint density at radius 3 is 2.24 bits per heavy atom. The summed E-state index contributed by atoms with van der Waals surface area (Å²) in [6.07, 6.45) is -2.28. The zero-order valence-electron chi connectivity index (χ0n) is 22.6. The van der Waals surface area contributed by atoms with E-state index in [1.807, 2.05) is 34.6 Å². The maximum Gasteiger partial charge on any atom is 0.191 e. The second-order valence-electron chi connectivity index (χ2n) is 12.3. The van der Waals surface area contributed by atoms with Crippen molar-refractivity contribution < 1.29 is 38.0 Å². The largest absolute Gasteiger partial charge is 0.416 e. The minimum atomic E-state index is -1.93. The first-order valence-corrected chi connectivity index (χ1v) is 15.3. The molecule has 0 aromatic heterocycles. The van der Waals surface area contributed by atoms with Crippen LogP contribution in [0.2, 0.25) is 18.1 Å². The van der Waals surface area contributed by atoms with Crippen LogP contribution in [0.3, 0.4) is 0 Å². The molecular formula is C25H46O8Si. The maximum absolute atomic E-state index is 11.1. The van der Waals surface area contributed by atoms with Gasteiger partial charge in [-0.1, -0.05) is 33.8 Å². The topological polar surface area (TPSA) is 84.8 Å². The quantitative estimate of drug-likeness (QED) is 0.394. The Morgan fingerprint density at radius 2 is 1.65 bits per heavy atom. The molecule has 0 bridgehead atoms. The molecule has 0 unspecified atom stereocenters. The molecule has 3 fully saturated rings. The summed E-state index contributed by atoms with van der Waals surface area (Å²) in [7, 11) is -1.93. The number of hydrogen-bond acceptors (Lipinski definition) is 8. The van der Waals surface area contributed by atoms with Crippen molar-refractivity contribution >= 4 is 8.32 Å². The number of fused-ring (bicyclic) bond motifs is 3. The Balaban J connectivity index is 1.69. The number of ether oxygens (including phenoxy) is 6. The highest BCUT2D eigenvalue weighted by atomic mass is 28.4. The molecule has 3 aliphatic heterocycles. The van der Waals surface area contributed by atoms with Gasteiger partial charge in [0.05, 0.1) is 12.7 Å². The fraction of sp³-hybridized carbons (Fsp3) is 0.920. The van der Waals surface area contributed by atoms with Crippen molar-refractivity contribution in [2.24, 2.45) is 5.92 Å². The first-order valence-electron chi connectivity index (χ1n) is 12.4. The Labute approximate surface area is 206 Å². The van der Waals surface area contributed by atoms with Crippen LogP contribution in [0.25, 0.3) is 0 Å². The van der Waals surface area contributed by atoms with E-state index >= 15 is 0 Å². The van der Waals surface area contributed by atoms with Gasteiger partial charge >= 0.3 is 0 Å². The zero-order chi connectivity index (χ0) is 25.7. The first-order chi connectivity index (χ1) is 15.5. The van der Waals surface area contributed by atoms with Crippen LogP contribution in [0.5, 0.6) is 0 Å². The SMILES string of the molecule is C=C[C@@H](O[C@H]1O[C@@H]2COC(C)(C)O[C@H]2[C@@H]2OC(C)(C)O[C@H]12)[C@H](O)[C@@H](C)CO[Si](C)(C)C(C)(C)C. The Morgan fingerprint density at radius 1 is 1.06 bits per heavy atom. The van der Waals surface area contributed by atoms with E-state index in [4.69, 9.17) is 32.8 Å². The molecule has 0 aromatic carbocycles.